The van der Waals surface area contributed by atoms with Crippen molar-refractivity contribution < 1.29 is 26.3 Å². The Labute approximate surface area is 212 Å². The Hall–Kier alpha value is -3.41. The molecule has 196 valence electrons. The number of aryl methyl sites for hydroxylation is 1. The summed E-state index contributed by atoms with van der Waals surface area (Å²) in [6, 6.07) is 8.72. The summed E-state index contributed by atoms with van der Waals surface area (Å²) in [4.78, 5) is 6.49. The van der Waals surface area contributed by atoms with E-state index in [-0.39, 0.29) is 22.8 Å². The highest BCUT2D eigenvalue weighted by Crippen LogP contribution is 2.33. The molecule has 5 nitrogen and oxygen atoms in total. The van der Waals surface area contributed by atoms with Gasteiger partial charge in [-0.25, -0.2) is 4.98 Å². The van der Waals surface area contributed by atoms with Crippen molar-refractivity contribution in [1.29, 1.82) is 0 Å². The molecule has 0 radical (unpaired) electrons. The molecule has 0 spiro atoms. The zero-order valence-corrected chi connectivity index (χ0v) is 20.5. The number of hydrogen-bond acceptors (Lipinski definition) is 4. The van der Waals surface area contributed by atoms with Gasteiger partial charge in [0.1, 0.15) is 0 Å². The number of halogens is 6. The molecule has 0 amide bonds. The summed E-state index contributed by atoms with van der Waals surface area (Å²) in [6.45, 7) is 2.16. The molecule has 0 saturated heterocycles. The largest absolute Gasteiger partial charge is 0.435 e. The van der Waals surface area contributed by atoms with Gasteiger partial charge in [-0.1, -0.05) is 32.3 Å². The van der Waals surface area contributed by atoms with Gasteiger partial charge in [0, 0.05) is 9.75 Å². The summed E-state index contributed by atoms with van der Waals surface area (Å²) in [7, 11) is 0. The summed E-state index contributed by atoms with van der Waals surface area (Å²) in [6.07, 6.45) is -0.0777. The van der Waals surface area contributed by atoms with Crippen LogP contribution in [0.3, 0.4) is 0 Å². The lowest BCUT2D eigenvalue weighted by atomic mass is 10.1. The van der Waals surface area contributed by atoms with Crippen molar-refractivity contribution in [2.45, 2.75) is 51.4 Å². The molecule has 0 aromatic carbocycles. The summed E-state index contributed by atoms with van der Waals surface area (Å²) >= 11 is 1.64. The predicted molar refractivity (Wildman–Crippen MR) is 130 cm³/mol. The minimum absolute atomic E-state index is 0.0233. The smallest absolute Gasteiger partial charge is 0.276 e. The Kier molecular flexibility index (Phi) is 7.86. The average molecular weight is 540 g/mol. The van der Waals surface area contributed by atoms with Gasteiger partial charge in [0.25, 0.3) is 0 Å². The van der Waals surface area contributed by atoms with E-state index in [2.05, 4.69) is 38.4 Å². The van der Waals surface area contributed by atoms with Crippen LogP contribution < -0.4 is 0 Å². The zero-order chi connectivity index (χ0) is 26.6. The third-order valence-corrected chi connectivity index (χ3v) is 6.65. The Morgan fingerprint density at radius 1 is 0.784 bits per heavy atom. The van der Waals surface area contributed by atoms with Crippen LogP contribution in [-0.2, 0) is 18.8 Å². The molecule has 0 fully saturated rings. The van der Waals surface area contributed by atoms with E-state index < -0.39 is 23.7 Å². The number of nitrogens with one attached hydrogen (secondary N) is 2. The fraction of sp³-hybridized carbons (Fsp3) is 0.320. The molecule has 0 bridgehead atoms. The first-order valence-electron chi connectivity index (χ1n) is 11.6. The molecular formula is C25H23F6N5S. The lowest BCUT2D eigenvalue weighted by Crippen LogP contribution is -2.04. The SMILES string of the molecule is CCCCCCc1ccc(/C=C/c2cc(-c3cc(C(F)(F)F)n[nH]3)nc(-c3cc(C(F)(F)F)n[nH]3)c2)s1. The van der Waals surface area contributed by atoms with Crippen molar-refractivity contribution in [2.75, 3.05) is 0 Å². The lowest BCUT2D eigenvalue weighted by Gasteiger charge is -2.05. The van der Waals surface area contributed by atoms with Gasteiger partial charge < -0.3 is 0 Å². The summed E-state index contributed by atoms with van der Waals surface area (Å²) < 4.78 is 78.3. The number of thiophene rings is 1. The highest BCUT2D eigenvalue weighted by Gasteiger charge is 2.35. The lowest BCUT2D eigenvalue weighted by molar-refractivity contribution is -0.142. The molecule has 37 heavy (non-hydrogen) atoms. The molecule has 0 aliphatic heterocycles. The molecule has 4 aromatic rings. The minimum atomic E-state index is -4.66. The summed E-state index contributed by atoms with van der Waals surface area (Å²) in [5.74, 6) is 0. The van der Waals surface area contributed by atoms with Crippen molar-refractivity contribution >= 4 is 23.5 Å². The highest BCUT2D eigenvalue weighted by atomic mass is 32.1. The van der Waals surface area contributed by atoms with Crippen molar-refractivity contribution in [2.24, 2.45) is 0 Å². The zero-order valence-electron chi connectivity index (χ0n) is 19.7. The van der Waals surface area contributed by atoms with E-state index in [9.17, 15) is 26.3 Å². The normalized spacial score (nSPS) is 12.6. The summed E-state index contributed by atoms with van der Waals surface area (Å²) in [5.41, 5.74) is -1.59. The van der Waals surface area contributed by atoms with E-state index >= 15 is 0 Å². The van der Waals surface area contributed by atoms with Crippen LogP contribution in [0, 0.1) is 0 Å². The third-order valence-electron chi connectivity index (χ3n) is 5.54. The van der Waals surface area contributed by atoms with Gasteiger partial charge in [-0.15, -0.1) is 11.3 Å². The number of aromatic amines is 2. The third kappa shape index (κ3) is 6.88. The standard InChI is InChI=1S/C25H23F6N5S/c1-2-3-4-5-6-16-9-10-17(37-16)8-7-15-11-18(20-13-22(35-33-20)24(26,27)28)32-19(12-15)21-14-23(36-34-21)25(29,30)31/h7-14H,2-6H2,1H3,(H,33,35)(H,34,36)/b8-7+. The van der Waals surface area contributed by atoms with Crippen molar-refractivity contribution in [1.82, 2.24) is 25.4 Å². The number of aromatic nitrogens is 5. The predicted octanol–water partition coefficient (Wildman–Crippen LogP) is 8.25. The number of H-pyrrole nitrogens is 2. The Morgan fingerprint density at radius 3 is 1.89 bits per heavy atom. The molecule has 0 aliphatic rings. The highest BCUT2D eigenvalue weighted by molar-refractivity contribution is 7.12. The Bertz CT molecular complexity index is 1290. The number of alkyl halides is 6. The van der Waals surface area contributed by atoms with E-state index in [0.29, 0.717) is 5.56 Å². The van der Waals surface area contributed by atoms with Gasteiger partial charge in [-0.2, -0.15) is 36.5 Å². The van der Waals surface area contributed by atoms with E-state index in [4.69, 9.17) is 0 Å². The second-order valence-corrected chi connectivity index (χ2v) is 9.65. The van der Waals surface area contributed by atoms with Crippen LogP contribution in [-0.4, -0.2) is 25.4 Å². The molecule has 0 unspecified atom stereocenters. The van der Waals surface area contributed by atoms with Crippen LogP contribution >= 0.6 is 11.3 Å². The number of unbranched alkanes of at least 4 members (excludes halogenated alkanes) is 3. The number of nitrogens with zero attached hydrogens (tertiary/aromatic N) is 3. The van der Waals surface area contributed by atoms with Crippen LogP contribution in [0.4, 0.5) is 26.3 Å². The molecule has 0 saturated carbocycles. The Morgan fingerprint density at radius 2 is 1.38 bits per heavy atom. The minimum Gasteiger partial charge on any atom is -0.276 e. The topological polar surface area (TPSA) is 70.2 Å². The Balaban J connectivity index is 1.65. The molecule has 2 N–H and O–H groups in total. The van der Waals surface area contributed by atoms with Gasteiger partial charge in [0.15, 0.2) is 11.4 Å². The molecule has 12 heteroatoms. The van der Waals surface area contributed by atoms with Gasteiger partial charge in [0.05, 0.1) is 22.8 Å². The molecule has 0 atom stereocenters. The average Bonchev–Trinajstić information content (AvgIpc) is 3.60. The van der Waals surface area contributed by atoms with E-state index in [0.717, 1.165) is 29.9 Å². The molecule has 4 heterocycles. The second-order valence-electron chi connectivity index (χ2n) is 8.45. The van der Waals surface area contributed by atoms with Gasteiger partial charge in [-0.3, -0.25) is 10.2 Å². The van der Waals surface area contributed by atoms with Crippen LogP contribution in [0.2, 0.25) is 0 Å². The van der Waals surface area contributed by atoms with Crippen LogP contribution in [0.1, 0.15) is 59.3 Å². The number of rotatable bonds is 9. The van der Waals surface area contributed by atoms with Gasteiger partial charge >= 0.3 is 12.4 Å². The van der Waals surface area contributed by atoms with Crippen molar-refractivity contribution in [3.8, 4) is 22.8 Å². The van der Waals surface area contributed by atoms with E-state index in [1.54, 1.807) is 17.4 Å². The van der Waals surface area contributed by atoms with E-state index in [1.807, 2.05) is 12.1 Å². The molecular weight excluding hydrogens is 516 g/mol. The maximum absolute atomic E-state index is 13.0. The number of hydrogen-bond donors (Lipinski definition) is 2. The van der Waals surface area contributed by atoms with Crippen molar-refractivity contribution in [3.63, 3.8) is 0 Å². The van der Waals surface area contributed by atoms with Crippen LogP contribution in [0.15, 0.2) is 36.4 Å². The maximum Gasteiger partial charge on any atom is 0.435 e. The van der Waals surface area contributed by atoms with Gasteiger partial charge in [-0.05, 0) is 60.9 Å². The second kappa shape index (κ2) is 10.9. The molecule has 0 aliphatic carbocycles. The quantitative estimate of drug-likeness (QED) is 0.166. The number of pyridine rings is 1. The maximum atomic E-state index is 13.0. The van der Waals surface area contributed by atoms with Gasteiger partial charge in [0.2, 0.25) is 0 Å². The van der Waals surface area contributed by atoms with Crippen molar-refractivity contribution in [3.05, 3.63) is 63.1 Å². The first kappa shape index (κ1) is 26.6. The van der Waals surface area contributed by atoms with Crippen LogP contribution in [0.25, 0.3) is 34.9 Å². The first-order chi connectivity index (χ1) is 17.5. The summed E-state index contributed by atoms with van der Waals surface area (Å²) in [5, 5.41) is 11.2. The van der Waals surface area contributed by atoms with Crippen LogP contribution in [0.5, 0.6) is 0 Å². The first-order valence-corrected chi connectivity index (χ1v) is 12.4. The van der Waals surface area contributed by atoms with E-state index in [1.165, 1.54) is 36.3 Å². The molecule has 4 rings (SSSR count). The molecule has 4 aromatic heterocycles. The fourth-order valence-electron chi connectivity index (χ4n) is 3.64. The monoisotopic (exact) mass is 539 g/mol. The fourth-order valence-corrected chi connectivity index (χ4v) is 4.60.